The number of amides is 1. The summed E-state index contributed by atoms with van der Waals surface area (Å²) < 4.78 is 0.846. The summed E-state index contributed by atoms with van der Waals surface area (Å²) in [6, 6.07) is 14.3. The first-order valence-electron chi connectivity index (χ1n) is 5.50. The van der Waals surface area contributed by atoms with E-state index in [0.717, 1.165) is 10.0 Å². The van der Waals surface area contributed by atoms with E-state index in [1.165, 1.54) is 0 Å². The third-order valence-electron chi connectivity index (χ3n) is 2.32. The molecule has 96 valence electrons. The van der Waals surface area contributed by atoms with Crippen LogP contribution in [-0.2, 0) is 0 Å². The fraction of sp³-hybridized carbons (Fsp3) is 0. The molecule has 0 saturated carbocycles. The van der Waals surface area contributed by atoms with Gasteiger partial charge in [-0.05, 0) is 35.9 Å². The van der Waals surface area contributed by atoms with Crippen molar-refractivity contribution in [3.05, 3.63) is 69.2 Å². The Morgan fingerprint density at radius 2 is 2.00 bits per heavy atom. The van der Waals surface area contributed by atoms with Gasteiger partial charge in [-0.25, -0.2) is 5.43 Å². The van der Waals surface area contributed by atoms with Gasteiger partial charge in [0, 0.05) is 15.1 Å². The molecular weight excluding hydrogens is 328 g/mol. The van der Waals surface area contributed by atoms with Crippen LogP contribution in [0.3, 0.4) is 0 Å². The highest BCUT2D eigenvalue weighted by Crippen LogP contribution is 2.11. The van der Waals surface area contributed by atoms with Crippen molar-refractivity contribution in [2.75, 3.05) is 0 Å². The van der Waals surface area contributed by atoms with E-state index < -0.39 is 0 Å². The number of carbonyl (C=O) groups excluding carboxylic acids is 1. The molecule has 1 amide bonds. The molecule has 0 atom stereocenters. The summed E-state index contributed by atoms with van der Waals surface area (Å²) in [5.74, 6) is -0.264. The number of hydrogen-bond donors (Lipinski definition) is 1. The molecule has 3 nitrogen and oxygen atoms in total. The van der Waals surface area contributed by atoms with Crippen molar-refractivity contribution in [1.29, 1.82) is 0 Å². The smallest absolute Gasteiger partial charge is 0.267 e. The third-order valence-corrected chi connectivity index (χ3v) is 3.04. The molecule has 1 N–H and O–H groups in total. The first-order valence-corrected chi connectivity index (χ1v) is 6.67. The topological polar surface area (TPSA) is 41.5 Å². The minimum absolute atomic E-state index is 0.264. The highest BCUT2D eigenvalue weighted by molar-refractivity contribution is 9.10. The van der Waals surface area contributed by atoms with E-state index in [1.807, 2.05) is 18.2 Å². The van der Waals surface area contributed by atoms with Crippen LogP contribution in [0.25, 0.3) is 0 Å². The van der Waals surface area contributed by atoms with Gasteiger partial charge in [0.05, 0.1) is 6.21 Å². The summed E-state index contributed by atoms with van der Waals surface area (Å²) in [6.07, 6.45) is 1.54. The predicted octanol–water partition coefficient (Wildman–Crippen LogP) is 3.87. The van der Waals surface area contributed by atoms with E-state index in [1.54, 1.807) is 36.5 Å². The maximum absolute atomic E-state index is 11.8. The molecule has 0 saturated heterocycles. The zero-order valence-corrected chi connectivity index (χ0v) is 12.1. The fourth-order valence-corrected chi connectivity index (χ4v) is 2.04. The van der Waals surface area contributed by atoms with Gasteiger partial charge in [0.25, 0.3) is 5.91 Å². The molecule has 0 fully saturated rings. The lowest BCUT2D eigenvalue weighted by Crippen LogP contribution is -2.17. The minimum atomic E-state index is -0.264. The minimum Gasteiger partial charge on any atom is -0.267 e. The van der Waals surface area contributed by atoms with Crippen LogP contribution in [0, 0.1) is 0 Å². The Bertz CT molecular complexity index is 628. The van der Waals surface area contributed by atoms with Crippen LogP contribution >= 0.6 is 27.5 Å². The lowest BCUT2D eigenvalue weighted by Gasteiger charge is -2.00. The second-order valence-corrected chi connectivity index (χ2v) is 5.12. The molecule has 0 spiro atoms. The summed E-state index contributed by atoms with van der Waals surface area (Å²) in [6.45, 7) is 0. The average Bonchev–Trinajstić information content (AvgIpc) is 2.38. The van der Waals surface area contributed by atoms with E-state index in [9.17, 15) is 4.79 Å². The van der Waals surface area contributed by atoms with Crippen molar-refractivity contribution in [3.63, 3.8) is 0 Å². The Hall–Kier alpha value is -1.65. The zero-order valence-electron chi connectivity index (χ0n) is 9.81. The quantitative estimate of drug-likeness (QED) is 0.670. The van der Waals surface area contributed by atoms with Crippen LogP contribution in [-0.4, -0.2) is 12.1 Å². The predicted molar refractivity (Wildman–Crippen MR) is 80.7 cm³/mol. The van der Waals surface area contributed by atoms with E-state index in [2.05, 4.69) is 26.5 Å². The lowest BCUT2D eigenvalue weighted by atomic mass is 10.2. The molecule has 0 aliphatic carbocycles. The monoisotopic (exact) mass is 336 g/mol. The molecule has 2 aromatic carbocycles. The Morgan fingerprint density at radius 3 is 2.74 bits per heavy atom. The third kappa shape index (κ3) is 4.19. The number of hydrogen-bond acceptors (Lipinski definition) is 2. The zero-order chi connectivity index (χ0) is 13.7. The molecule has 0 aromatic heterocycles. The van der Waals surface area contributed by atoms with E-state index in [-0.39, 0.29) is 5.91 Å². The standard InChI is InChI=1S/C14H10BrClN2O/c15-12-5-2-4-11(8-12)14(19)18-17-9-10-3-1-6-13(16)7-10/h1-9H,(H,18,19)/b17-9+. The summed E-state index contributed by atoms with van der Waals surface area (Å²) in [5.41, 5.74) is 3.82. The maximum Gasteiger partial charge on any atom is 0.271 e. The SMILES string of the molecule is O=C(N/N=C/c1cccc(Cl)c1)c1cccc(Br)c1. The van der Waals surface area contributed by atoms with Gasteiger partial charge >= 0.3 is 0 Å². The molecular formula is C14H10BrClN2O. The molecule has 5 heteroatoms. The van der Waals surface area contributed by atoms with E-state index >= 15 is 0 Å². The Balaban J connectivity index is 2.01. The molecule has 0 aliphatic heterocycles. The molecule has 0 heterocycles. The van der Waals surface area contributed by atoms with Crippen molar-refractivity contribution in [2.24, 2.45) is 5.10 Å². The normalized spacial score (nSPS) is 10.6. The summed E-state index contributed by atoms with van der Waals surface area (Å²) in [4.78, 5) is 11.8. The Labute approximate surface area is 124 Å². The maximum atomic E-state index is 11.8. The molecule has 0 bridgehead atoms. The lowest BCUT2D eigenvalue weighted by molar-refractivity contribution is 0.0955. The summed E-state index contributed by atoms with van der Waals surface area (Å²) in [5, 5.41) is 4.52. The number of halogens is 2. The number of nitrogens with one attached hydrogen (secondary N) is 1. The van der Waals surface area contributed by atoms with Crippen LogP contribution < -0.4 is 5.43 Å². The number of nitrogens with zero attached hydrogens (tertiary/aromatic N) is 1. The number of benzene rings is 2. The highest BCUT2D eigenvalue weighted by atomic mass is 79.9. The van der Waals surface area contributed by atoms with Crippen molar-refractivity contribution < 1.29 is 4.79 Å². The Kier molecular flexibility index (Phi) is 4.71. The van der Waals surface area contributed by atoms with E-state index in [4.69, 9.17) is 11.6 Å². The molecule has 0 radical (unpaired) electrons. The first-order chi connectivity index (χ1) is 9.15. The van der Waals surface area contributed by atoms with Gasteiger partial charge in [-0.1, -0.05) is 45.7 Å². The second-order valence-electron chi connectivity index (χ2n) is 3.76. The van der Waals surface area contributed by atoms with Crippen LogP contribution in [0.15, 0.2) is 58.1 Å². The second kappa shape index (κ2) is 6.50. The van der Waals surface area contributed by atoms with Gasteiger partial charge in [0.2, 0.25) is 0 Å². The van der Waals surface area contributed by atoms with Crippen molar-refractivity contribution in [3.8, 4) is 0 Å². The number of rotatable bonds is 3. The van der Waals surface area contributed by atoms with Gasteiger partial charge in [-0.3, -0.25) is 4.79 Å². The van der Waals surface area contributed by atoms with E-state index in [0.29, 0.717) is 10.6 Å². The fourth-order valence-electron chi connectivity index (χ4n) is 1.45. The molecule has 19 heavy (non-hydrogen) atoms. The number of hydrazone groups is 1. The van der Waals surface area contributed by atoms with Gasteiger partial charge in [0.1, 0.15) is 0 Å². The largest absolute Gasteiger partial charge is 0.271 e. The van der Waals surface area contributed by atoms with Crippen LogP contribution in [0.4, 0.5) is 0 Å². The molecule has 2 rings (SSSR count). The van der Waals surface area contributed by atoms with Gasteiger partial charge in [0.15, 0.2) is 0 Å². The molecule has 2 aromatic rings. The summed E-state index contributed by atoms with van der Waals surface area (Å²) >= 11 is 9.16. The summed E-state index contributed by atoms with van der Waals surface area (Å²) in [7, 11) is 0. The van der Waals surface area contributed by atoms with Crippen molar-refractivity contribution in [2.45, 2.75) is 0 Å². The van der Waals surface area contributed by atoms with Crippen LogP contribution in [0.2, 0.25) is 5.02 Å². The average molecular weight is 338 g/mol. The first kappa shape index (κ1) is 13.8. The van der Waals surface area contributed by atoms with Crippen molar-refractivity contribution >= 4 is 39.7 Å². The van der Waals surface area contributed by atoms with Gasteiger partial charge in [-0.2, -0.15) is 5.10 Å². The molecule has 0 unspecified atom stereocenters. The highest BCUT2D eigenvalue weighted by Gasteiger charge is 2.03. The molecule has 0 aliphatic rings. The number of carbonyl (C=O) groups is 1. The Morgan fingerprint density at radius 1 is 1.21 bits per heavy atom. The van der Waals surface area contributed by atoms with Crippen LogP contribution in [0.5, 0.6) is 0 Å². The van der Waals surface area contributed by atoms with Crippen LogP contribution in [0.1, 0.15) is 15.9 Å². The van der Waals surface area contributed by atoms with Crippen molar-refractivity contribution in [1.82, 2.24) is 5.43 Å². The van der Waals surface area contributed by atoms with Gasteiger partial charge < -0.3 is 0 Å². The van der Waals surface area contributed by atoms with Gasteiger partial charge in [-0.15, -0.1) is 0 Å².